The van der Waals surface area contributed by atoms with Gasteiger partial charge in [-0.2, -0.15) is 26.3 Å². The lowest BCUT2D eigenvalue weighted by molar-refractivity contribution is -0.148. The second-order valence-corrected chi connectivity index (χ2v) is 16.3. The first-order chi connectivity index (χ1) is 36.4. The molecule has 15 nitrogen and oxygen atoms in total. The van der Waals surface area contributed by atoms with Crippen LogP contribution in [0.15, 0.2) is 30.3 Å². The molecule has 4 aromatic carbocycles. The fraction of sp³-hybridized carbons (Fsp3) is 0.362. The van der Waals surface area contributed by atoms with Crippen molar-refractivity contribution in [2.24, 2.45) is 5.92 Å². The van der Waals surface area contributed by atoms with Crippen molar-refractivity contribution in [3.63, 3.8) is 0 Å². The summed E-state index contributed by atoms with van der Waals surface area (Å²) in [6, 6.07) is 8.65. The largest absolute Gasteiger partial charge is 0.461 e. The van der Waals surface area contributed by atoms with Crippen LogP contribution in [0.4, 0.5) is 65.9 Å². The molecule has 1 saturated heterocycles. The summed E-state index contributed by atoms with van der Waals surface area (Å²) < 4.78 is 242. The van der Waals surface area contributed by atoms with Crippen LogP contribution < -0.4 is 19.5 Å². The molecule has 1 aliphatic rings. The summed E-state index contributed by atoms with van der Waals surface area (Å²) in [5.41, 5.74) is -1.50. The van der Waals surface area contributed by atoms with Crippen LogP contribution in [0.5, 0.6) is 17.2 Å². The lowest BCUT2D eigenvalue weighted by atomic mass is 9.95. The average molecular weight is 1120 g/mol. The summed E-state index contributed by atoms with van der Waals surface area (Å²) in [5, 5.41) is 2.44. The van der Waals surface area contributed by atoms with Crippen molar-refractivity contribution in [3.8, 4) is 17.2 Å². The number of esters is 4. The summed E-state index contributed by atoms with van der Waals surface area (Å²) in [7, 11) is 0. The van der Waals surface area contributed by atoms with Crippen molar-refractivity contribution in [2.75, 3.05) is 52.7 Å². The summed E-state index contributed by atoms with van der Waals surface area (Å²) in [5.74, 6) is -52.0. The molecule has 1 aliphatic heterocycles. The van der Waals surface area contributed by atoms with Crippen molar-refractivity contribution >= 4 is 35.7 Å². The number of likely N-dealkylation sites (tertiary alicyclic amines) is 1. The van der Waals surface area contributed by atoms with E-state index in [2.05, 4.69) is 19.5 Å². The lowest BCUT2D eigenvalue weighted by Crippen LogP contribution is -2.64. The zero-order chi connectivity index (χ0) is 56.9. The Balaban J connectivity index is 1.30. The van der Waals surface area contributed by atoms with Crippen LogP contribution in [0.25, 0.3) is 0 Å². The Morgan fingerprint density at radius 3 is 1.14 bits per heavy atom. The molecule has 0 saturated carbocycles. The number of amides is 2. The number of carbonyl (C=O) groups excluding carboxylic acids is 6. The number of ether oxygens (including phenoxy) is 7. The van der Waals surface area contributed by atoms with Crippen LogP contribution in [0.1, 0.15) is 44.1 Å². The molecule has 0 bridgehead atoms. The van der Waals surface area contributed by atoms with Gasteiger partial charge in [-0.15, -0.1) is 0 Å². The second-order valence-electron chi connectivity index (χ2n) is 16.3. The molecule has 0 unspecified atom stereocenters. The highest BCUT2D eigenvalue weighted by Crippen LogP contribution is 2.32. The smallest absolute Gasteiger partial charge is 0.313 e. The summed E-state index contributed by atoms with van der Waals surface area (Å²) in [6.45, 7) is -6.22. The summed E-state index contributed by atoms with van der Waals surface area (Å²) in [4.78, 5) is 77.6. The highest BCUT2D eigenvalue weighted by atomic mass is 19.2. The number of halogens is 15. The zero-order valence-electron chi connectivity index (χ0n) is 39.0. The van der Waals surface area contributed by atoms with Gasteiger partial charge >= 0.3 is 23.9 Å². The third kappa shape index (κ3) is 15.4. The van der Waals surface area contributed by atoms with Gasteiger partial charge in [0, 0.05) is 25.9 Å². The predicted octanol–water partition coefficient (Wildman–Crippen LogP) is 7.34. The maximum Gasteiger partial charge on any atom is 0.313 e. The molecule has 0 aromatic heterocycles. The highest BCUT2D eigenvalue weighted by molar-refractivity contribution is 5.85. The molecule has 1 heterocycles. The highest BCUT2D eigenvalue weighted by Gasteiger charge is 2.41. The van der Waals surface area contributed by atoms with E-state index < -0.39 is 211 Å². The van der Waals surface area contributed by atoms with Crippen LogP contribution in [0.3, 0.4) is 0 Å². The summed E-state index contributed by atoms with van der Waals surface area (Å²) in [6.07, 6.45) is -3.50. The van der Waals surface area contributed by atoms with Gasteiger partial charge in [-0.3, -0.25) is 28.8 Å². The zero-order valence-corrected chi connectivity index (χ0v) is 39.0. The van der Waals surface area contributed by atoms with Gasteiger partial charge in [0.05, 0.1) is 64.8 Å². The molecule has 418 valence electrons. The van der Waals surface area contributed by atoms with Gasteiger partial charge in [0.1, 0.15) is 12.1 Å². The van der Waals surface area contributed by atoms with Gasteiger partial charge in [0.15, 0.2) is 0 Å². The minimum atomic E-state index is -2.59. The van der Waals surface area contributed by atoms with Gasteiger partial charge in [0.25, 0.3) is 0 Å². The quantitative estimate of drug-likeness (QED) is 0.0165. The lowest BCUT2D eigenvalue weighted by Gasteiger charge is -2.41. The Bertz CT molecular complexity index is 2570. The third-order valence-electron chi connectivity index (χ3n) is 10.7. The Morgan fingerprint density at radius 1 is 0.455 bits per heavy atom. The van der Waals surface area contributed by atoms with E-state index in [1.807, 2.05) is 0 Å². The molecular weight excluding hydrogens is 1090 g/mol. The van der Waals surface area contributed by atoms with Crippen LogP contribution >= 0.6 is 0 Å². The van der Waals surface area contributed by atoms with Crippen LogP contribution in [-0.2, 0) is 54.3 Å². The molecule has 2 amide bonds. The number of nitrogens with one attached hydrogen (secondary N) is 1. The van der Waals surface area contributed by atoms with Gasteiger partial charge in [0.2, 0.25) is 116 Å². The molecule has 4 aromatic rings. The fourth-order valence-electron chi connectivity index (χ4n) is 6.58. The Hall–Kier alpha value is -7.47. The molecule has 0 atom stereocenters. The molecule has 0 spiro atoms. The minimum Gasteiger partial charge on any atom is -0.461 e. The molecule has 1 N–H and O–H groups in total. The predicted molar refractivity (Wildman–Crippen MR) is 223 cm³/mol. The standard InChI is InChI=1S/C47H37F15N2O13/c48-28-31(51)37(57)43(38(58)32(28)52)75-25(67)9-12-71-18-47(19-72-13-10-26(68)76-44-39(59)33(53)29(49)34(54)40(44)60,20-73-14-11-27(69)77-45-41(61)35(55)30(50)36(56)42(45)62)63-46(70)22-15-64(16-22)23(65)7-4-8-24(66)74-17-21-5-2-1-3-6-21/h1-3,5-6,22H,4,7-20H2,(H,63,70). The number of carbonyl (C=O) groups is 6. The van der Waals surface area contributed by atoms with E-state index >= 15 is 0 Å². The first kappa shape index (κ1) is 60.4. The van der Waals surface area contributed by atoms with E-state index in [0.717, 1.165) is 0 Å². The topological polar surface area (TPSA) is 182 Å². The SMILES string of the molecule is O=C(CCCC(=O)N1CC(C(=O)NC(COCCC(=O)Oc2c(F)c(F)c(F)c(F)c2F)(COCCC(=O)Oc2c(F)c(F)c(F)c(F)c2F)COCCC(=O)Oc2c(F)c(F)c(F)c(F)c2F)C1)OCc1ccccc1. The number of hydrogen-bond acceptors (Lipinski definition) is 13. The number of hydrogen-bond donors (Lipinski definition) is 1. The summed E-state index contributed by atoms with van der Waals surface area (Å²) >= 11 is 0. The Kier molecular flexibility index (Phi) is 21.2. The Morgan fingerprint density at radius 2 is 0.792 bits per heavy atom. The van der Waals surface area contributed by atoms with Crippen molar-refractivity contribution in [2.45, 2.75) is 50.7 Å². The van der Waals surface area contributed by atoms with E-state index in [4.69, 9.17) is 18.9 Å². The van der Waals surface area contributed by atoms with Crippen molar-refractivity contribution in [1.29, 1.82) is 0 Å². The van der Waals surface area contributed by atoms with E-state index in [9.17, 15) is 94.6 Å². The minimum absolute atomic E-state index is 0.0233. The van der Waals surface area contributed by atoms with E-state index in [1.165, 1.54) is 4.90 Å². The Labute approximate surface area is 423 Å². The van der Waals surface area contributed by atoms with E-state index in [1.54, 1.807) is 30.3 Å². The molecular formula is C47H37F15N2O13. The third-order valence-corrected chi connectivity index (χ3v) is 10.7. The molecule has 0 aliphatic carbocycles. The van der Waals surface area contributed by atoms with Crippen molar-refractivity contribution < 1.29 is 128 Å². The number of benzene rings is 4. The van der Waals surface area contributed by atoms with Crippen LogP contribution in [0, 0.1) is 93.2 Å². The molecule has 30 heteroatoms. The van der Waals surface area contributed by atoms with E-state index in [-0.39, 0.29) is 39.0 Å². The van der Waals surface area contributed by atoms with Gasteiger partial charge in [-0.25, -0.2) is 39.5 Å². The fourth-order valence-corrected chi connectivity index (χ4v) is 6.58. The van der Waals surface area contributed by atoms with Gasteiger partial charge < -0.3 is 43.4 Å². The van der Waals surface area contributed by atoms with Gasteiger partial charge in [-0.05, 0) is 12.0 Å². The van der Waals surface area contributed by atoms with Crippen LogP contribution in [0.2, 0.25) is 0 Å². The number of nitrogens with zero attached hydrogens (tertiary/aromatic N) is 1. The van der Waals surface area contributed by atoms with E-state index in [0.29, 0.717) is 5.56 Å². The first-order valence-corrected chi connectivity index (χ1v) is 22.1. The molecule has 5 rings (SSSR count). The maximum atomic E-state index is 14.2. The normalized spacial score (nSPS) is 12.5. The monoisotopic (exact) mass is 1120 g/mol. The molecule has 77 heavy (non-hydrogen) atoms. The molecule has 1 fully saturated rings. The first-order valence-electron chi connectivity index (χ1n) is 22.1. The number of rotatable bonds is 26. The van der Waals surface area contributed by atoms with Crippen LogP contribution in [-0.4, -0.2) is 98.9 Å². The van der Waals surface area contributed by atoms with Crippen molar-refractivity contribution in [3.05, 3.63) is 123 Å². The maximum absolute atomic E-state index is 14.2. The van der Waals surface area contributed by atoms with Gasteiger partial charge in [-0.1, -0.05) is 30.3 Å². The second kappa shape index (κ2) is 27.0. The van der Waals surface area contributed by atoms with Crippen molar-refractivity contribution in [1.82, 2.24) is 10.2 Å². The average Bonchev–Trinajstić information content (AvgIpc) is 3.39. The molecule has 0 radical (unpaired) electrons.